The van der Waals surface area contributed by atoms with Crippen LogP contribution in [0.25, 0.3) is 10.6 Å². The number of fused-ring (bicyclic) bond motifs is 1. The smallest absolute Gasteiger partial charge is 0.273 e. The summed E-state index contributed by atoms with van der Waals surface area (Å²) in [5, 5.41) is 6.75. The van der Waals surface area contributed by atoms with Crippen molar-refractivity contribution in [1.82, 2.24) is 10.2 Å². The molecule has 0 bridgehead atoms. The molecule has 3 aromatic rings. The molecule has 0 aliphatic carbocycles. The molecule has 0 radical (unpaired) electrons. The number of nitrogens with one attached hydrogen (secondary N) is 1. The quantitative estimate of drug-likeness (QED) is 0.802. The van der Waals surface area contributed by atoms with E-state index in [1.54, 1.807) is 12.3 Å². The Morgan fingerprint density at radius 3 is 2.82 bits per heavy atom. The van der Waals surface area contributed by atoms with E-state index in [9.17, 15) is 8.42 Å². The van der Waals surface area contributed by atoms with Gasteiger partial charge in [0.05, 0.1) is 16.3 Å². The van der Waals surface area contributed by atoms with Crippen molar-refractivity contribution < 1.29 is 8.42 Å². The lowest BCUT2D eigenvalue weighted by Crippen LogP contribution is -2.28. The van der Waals surface area contributed by atoms with Gasteiger partial charge in [-0.2, -0.15) is 5.10 Å². The van der Waals surface area contributed by atoms with E-state index in [-0.39, 0.29) is 0 Å². The number of hydrogen-bond acceptors (Lipinski definition) is 4. The number of sulfonamides is 1. The van der Waals surface area contributed by atoms with E-state index in [0.29, 0.717) is 10.8 Å². The molecule has 7 heteroatoms. The molecule has 0 spiro atoms. The van der Waals surface area contributed by atoms with E-state index in [1.165, 1.54) is 15.6 Å². The minimum Gasteiger partial charge on any atom is -0.277 e. The number of nitrogens with zero attached hydrogens (tertiary/aromatic N) is 2. The van der Waals surface area contributed by atoms with Gasteiger partial charge in [-0.3, -0.25) is 9.40 Å². The number of hydrogen-bond donors (Lipinski definition) is 1. The maximum absolute atomic E-state index is 12.9. The Hall–Kier alpha value is -2.12. The molecule has 4 rings (SSSR count). The summed E-state index contributed by atoms with van der Waals surface area (Å²) in [5.41, 5.74) is 2.70. The first-order chi connectivity index (χ1) is 10.7. The molecule has 5 nitrogen and oxygen atoms in total. The fourth-order valence-corrected chi connectivity index (χ4v) is 5.56. The first kappa shape index (κ1) is 13.5. The molecule has 0 unspecified atom stereocenters. The second-order valence-electron chi connectivity index (χ2n) is 5.04. The van der Waals surface area contributed by atoms with Crippen LogP contribution in [0.4, 0.5) is 5.69 Å². The second-order valence-corrected chi connectivity index (χ2v) is 8.22. The third-order valence-electron chi connectivity index (χ3n) is 3.74. The number of rotatable bonds is 3. The largest absolute Gasteiger partial charge is 0.277 e. The Bertz CT molecular complexity index is 914. The number of benzene rings is 1. The van der Waals surface area contributed by atoms with Gasteiger partial charge in [-0.1, -0.05) is 18.2 Å². The molecule has 1 N–H and O–H groups in total. The molecule has 112 valence electrons. The Kier molecular flexibility index (Phi) is 3.05. The summed E-state index contributed by atoms with van der Waals surface area (Å²) in [7, 11) is -3.50. The molecule has 1 aliphatic rings. The highest BCUT2D eigenvalue weighted by atomic mass is 32.2. The minimum atomic E-state index is -3.50. The van der Waals surface area contributed by atoms with E-state index < -0.39 is 10.0 Å². The molecular formula is C15H13N3O2S2. The molecular weight excluding hydrogens is 318 g/mol. The van der Waals surface area contributed by atoms with Gasteiger partial charge in [0, 0.05) is 12.7 Å². The molecule has 1 aromatic carbocycles. The number of thiophene rings is 1. The first-order valence-corrected chi connectivity index (χ1v) is 9.12. The number of anilines is 1. The van der Waals surface area contributed by atoms with Crippen LogP contribution in [0.15, 0.2) is 52.9 Å². The minimum absolute atomic E-state index is 0.355. The summed E-state index contributed by atoms with van der Waals surface area (Å²) >= 11 is 1.26. The van der Waals surface area contributed by atoms with E-state index in [1.807, 2.05) is 36.4 Å². The predicted octanol–water partition coefficient (Wildman–Crippen LogP) is 2.89. The van der Waals surface area contributed by atoms with Crippen LogP contribution in [0, 0.1) is 0 Å². The molecule has 0 saturated carbocycles. The normalized spacial score (nSPS) is 14.3. The van der Waals surface area contributed by atoms with Gasteiger partial charge in [0.1, 0.15) is 4.21 Å². The summed E-state index contributed by atoms with van der Waals surface area (Å²) in [6, 6.07) is 13.0. The Morgan fingerprint density at radius 2 is 2.00 bits per heavy atom. The lowest BCUT2D eigenvalue weighted by molar-refractivity contribution is 0.594. The van der Waals surface area contributed by atoms with Gasteiger partial charge in [0.25, 0.3) is 10.0 Å². The SMILES string of the molecule is O=S(=O)(c1ccc(-c2ccn[nH]2)s1)N1CCc2ccccc21. The van der Waals surface area contributed by atoms with Crippen molar-refractivity contribution in [3.05, 3.63) is 54.2 Å². The van der Waals surface area contributed by atoms with Crippen molar-refractivity contribution in [3.8, 4) is 10.6 Å². The van der Waals surface area contributed by atoms with Crippen molar-refractivity contribution in [2.24, 2.45) is 0 Å². The van der Waals surface area contributed by atoms with Crippen molar-refractivity contribution in [1.29, 1.82) is 0 Å². The van der Waals surface area contributed by atoms with Crippen LogP contribution in [-0.4, -0.2) is 25.2 Å². The van der Waals surface area contributed by atoms with Crippen LogP contribution in [-0.2, 0) is 16.4 Å². The zero-order valence-electron chi connectivity index (χ0n) is 11.6. The van der Waals surface area contributed by atoms with Crippen LogP contribution in [0.3, 0.4) is 0 Å². The van der Waals surface area contributed by atoms with Crippen LogP contribution in [0.2, 0.25) is 0 Å². The van der Waals surface area contributed by atoms with E-state index in [4.69, 9.17) is 0 Å². The van der Waals surface area contributed by atoms with Gasteiger partial charge < -0.3 is 0 Å². The second kappa shape index (κ2) is 4.96. The van der Waals surface area contributed by atoms with Crippen molar-refractivity contribution in [3.63, 3.8) is 0 Å². The molecule has 0 saturated heterocycles. The van der Waals surface area contributed by atoms with Gasteiger partial charge in [-0.15, -0.1) is 11.3 Å². The summed E-state index contributed by atoms with van der Waals surface area (Å²) in [4.78, 5) is 0.864. The Labute approximate surface area is 132 Å². The van der Waals surface area contributed by atoms with Crippen LogP contribution >= 0.6 is 11.3 Å². The summed E-state index contributed by atoms with van der Waals surface area (Å²) in [6.07, 6.45) is 2.41. The molecule has 2 aromatic heterocycles. The third-order valence-corrected chi connectivity index (χ3v) is 7.14. The number of H-pyrrole nitrogens is 1. The lowest BCUT2D eigenvalue weighted by atomic mass is 10.2. The average molecular weight is 331 g/mol. The maximum Gasteiger partial charge on any atom is 0.273 e. The standard InChI is InChI=1S/C15H13N3O2S2/c19-22(20,18-10-8-11-3-1-2-4-13(11)18)15-6-5-14(21-15)12-7-9-16-17-12/h1-7,9H,8,10H2,(H,16,17). The zero-order valence-corrected chi connectivity index (χ0v) is 13.2. The van der Waals surface area contributed by atoms with Gasteiger partial charge in [-0.05, 0) is 36.2 Å². The first-order valence-electron chi connectivity index (χ1n) is 6.86. The highest BCUT2D eigenvalue weighted by molar-refractivity contribution is 7.94. The number of para-hydroxylation sites is 1. The van der Waals surface area contributed by atoms with Crippen molar-refractivity contribution in [2.75, 3.05) is 10.8 Å². The Balaban J connectivity index is 1.73. The van der Waals surface area contributed by atoms with Gasteiger partial charge in [-0.25, -0.2) is 8.42 Å². The zero-order chi connectivity index (χ0) is 15.2. The van der Waals surface area contributed by atoms with Crippen molar-refractivity contribution in [2.45, 2.75) is 10.6 Å². The molecule has 1 aliphatic heterocycles. The average Bonchev–Trinajstić information content (AvgIpc) is 3.26. The number of aromatic nitrogens is 2. The fourth-order valence-electron chi connectivity index (χ4n) is 2.66. The maximum atomic E-state index is 12.9. The van der Waals surface area contributed by atoms with Crippen LogP contribution < -0.4 is 4.31 Å². The van der Waals surface area contributed by atoms with Gasteiger partial charge >= 0.3 is 0 Å². The van der Waals surface area contributed by atoms with E-state index in [0.717, 1.165) is 28.2 Å². The van der Waals surface area contributed by atoms with Crippen molar-refractivity contribution >= 4 is 27.0 Å². The highest BCUT2D eigenvalue weighted by Crippen LogP contribution is 2.36. The Morgan fingerprint density at radius 1 is 1.14 bits per heavy atom. The molecule has 22 heavy (non-hydrogen) atoms. The lowest BCUT2D eigenvalue weighted by Gasteiger charge is -2.18. The molecule has 3 heterocycles. The summed E-state index contributed by atoms with van der Waals surface area (Å²) < 4.78 is 27.6. The predicted molar refractivity (Wildman–Crippen MR) is 86.6 cm³/mol. The molecule has 0 fully saturated rings. The third kappa shape index (κ3) is 2.05. The van der Waals surface area contributed by atoms with Gasteiger partial charge in [0.2, 0.25) is 0 Å². The van der Waals surface area contributed by atoms with Crippen LogP contribution in [0.1, 0.15) is 5.56 Å². The summed E-state index contributed by atoms with van der Waals surface area (Å²) in [5.74, 6) is 0. The van der Waals surface area contributed by atoms with Gasteiger partial charge in [0.15, 0.2) is 0 Å². The number of aromatic amines is 1. The summed E-state index contributed by atoms with van der Waals surface area (Å²) in [6.45, 7) is 0.499. The highest BCUT2D eigenvalue weighted by Gasteiger charge is 2.31. The van der Waals surface area contributed by atoms with E-state index in [2.05, 4.69) is 10.2 Å². The topological polar surface area (TPSA) is 66.1 Å². The fraction of sp³-hybridized carbons (Fsp3) is 0.133. The monoisotopic (exact) mass is 331 g/mol. The van der Waals surface area contributed by atoms with Crippen LogP contribution in [0.5, 0.6) is 0 Å². The van der Waals surface area contributed by atoms with E-state index >= 15 is 0 Å². The molecule has 0 amide bonds. The molecule has 0 atom stereocenters.